The Morgan fingerprint density at radius 3 is 1.90 bits per heavy atom. The molecule has 0 aliphatic carbocycles. The zero-order valence-corrected chi connectivity index (χ0v) is 13.2. The number of carbonyl (C=O) groups excluding carboxylic acids is 1. The van der Waals surface area contributed by atoms with Crippen molar-refractivity contribution in [2.24, 2.45) is 5.73 Å². The van der Waals surface area contributed by atoms with Crippen molar-refractivity contribution in [3.8, 4) is 0 Å². The first-order valence-corrected chi connectivity index (χ1v) is 7.99. The second-order valence-corrected chi connectivity index (χ2v) is 4.75. The molecular formula is C15H32N2O4. The molecule has 0 aliphatic rings. The summed E-state index contributed by atoms with van der Waals surface area (Å²) in [6, 6.07) is 0. The number of rotatable bonds is 18. The van der Waals surface area contributed by atoms with Gasteiger partial charge in [-0.15, -0.1) is 0 Å². The third-order valence-electron chi connectivity index (χ3n) is 2.82. The van der Waals surface area contributed by atoms with E-state index in [1.807, 2.05) is 0 Å². The van der Waals surface area contributed by atoms with E-state index < -0.39 is 0 Å². The van der Waals surface area contributed by atoms with E-state index in [-0.39, 0.29) is 0 Å². The van der Waals surface area contributed by atoms with Crippen LogP contribution in [0.25, 0.3) is 0 Å². The molecule has 0 amide bonds. The molecule has 21 heavy (non-hydrogen) atoms. The van der Waals surface area contributed by atoms with Gasteiger partial charge in [-0.25, -0.2) is 0 Å². The first-order valence-electron chi connectivity index (χ1n) is 7.99. The number of hydrogen-bond acceptors (Lipinski definition) is 6. The Kier molecular flexibility index (Phi) is 19.0. The van der Waals surface area contributed by atoms with E-state index in [2.05, 4.69) is 5.32 Å². The second kappa shape index (κ2) is 19.5. The zero-order chi connectivity index (χ0) is 15.4. The van der Waals surface area contributed by atoms with E-state index in [1.165, 1.54) is 0 Å². The Labute approximate surface area is 128 Å². The van der Waals surface area contributed by atoms with Crippen LogP contribution in [0.5, 0.6) is 0 Å². The first-order chi connectivity index (χ1) is 10.4. The third-order valence-corrected chi connectivity index (χ3v) is 2.82. The van der Waals surface area contributed by atoms with Crippen molar-refractivity contribution in [3.05, 3.63) is 0 Å². The smallest absolute Gasteiger partial charge is 0.121 e. The summed E-state index contributed by atoms with van der Waals surface area (Å²) < 4.78 is 16.2. The predicted octanol–water partition coefficient (Wildman–Crippen LogP) is 0.734. The molecule has 0 aromatic carbocycles. The van der Waals surface area contributed by atoms with Gasteiger partial charge in [0, 0.05) is 26.2 Å². The lowest BCUT2D eigenvalue weighted by atomic mass is 10.3. The first kappa shape index (κ1) is 20.5. The molecule has 0 unspecified atom stereocenters. The van der Waals surface area contributed by atoms with Gasteiger partial charge in [-0.3, -0.25) is 0 Å². The van der Waals surface area contributed by atoms with Crippen molar-refractivity contribution in [1.29, 1.82) is 0 Å². The fraction of sp³-hybridized carbons (Fsp3) is 0.933. The van der Waals surface area contributed by atoms with Crippen LogP contribution in [0.1, 0.15) is 32.1 Å². The van der Waals surface area contributed by atoms with Crippen LogP contribution in [0, 0.1) is 0 Å². The van der Waals surface area contributed by atoms with Gasteiger partial charge < -0.3 is 30.1 Å². The second-order valence-electron chi connectivity index (χ2n) is 4.75. The van der Waals surface area contributed by atoms with E-state index >= 15 is 0 Å². The Morgan fingerprint density at radius 2 is 1.33 bits per heavy atom. The van der Waals surface area contributed by atoms with Gasteiger partial charge in [0.05, 0.1) is 26.4 Å². The highest BCUT2D eigenvalue weighted by molar-refractivity contribution is 5.49. The minimum Gasteiger partial charge on any atom is -0.379 e. The molecule has 0 spiro atoms. The largest absolute Gasteiger partial charge is 0.379 e. The molecule has 0 fully saturated rings. The lowest BCUT2D eigenvalue weighted by molar-refractivity contribution is -0.107. The molecule has 0 atom stereocenters. The molecule has 126 valence electrons. The number of nitrogens with one attached hydrogen (secondary N) is 1. The van der Waals surface area contributed by atoms with Gasteiger partial charge in [0.15, 0.2) is 0 Å². The van der Waals surface area contributed by atoms with Gasteiger partial charge >= 0.3 is 0 Å². The van der Waals surface area contributed by atoms with Crippen molar-refractivity contribution in [2.75, 3.05) is 59.3 Å². The minimum absolute atomic E-state index is 0.588. The SMILES string of the molecule is NCCCCOCCOCCOCCCCNCCC=O. The molecule has 0 rings (SSSR count). The van der Waals surface area contributed by atoms with Crippen LogP contribution in [0.4, 0.5) is 0 Å². The fourth-order valence-corrected chi connectivity index (χ4v) is 1.63. The van der Waals surface area contributed by atoms with E-state index in [0.717, 1.165) is 64.8 Å². The summed E-state index contributed by atoms with van der Waals surface area (Å²) >= 11 is 0. The summed E-state index contributed by atoms with van der Waals surface area (Å²) in [7, 11) is 0. The molecule has 0 aliphatic heterocycles. The number of carbonyl (C=O) groups is 1. The summed E-state index contributed by atoms with van der Waals surface area (Å²) in [5.74, 6) is 0. The Balaban J connectivity index is 2.91. The summed E-state index contributed by atoms with van der Waals surface area (Å²) in [4.78, 5) is 10.1. The van der Waals surface area contributed by atoms with Crippen LogP contribution >= 0.6 is 0 Å². The quantitative estimate of drug-likeness (QED) is 0.287. The van der Waals surface area contributed by atoms with Crippen molar-refractivity contribution in [1.82, 2.24) is 5.32 Å². The number of hydrogen-bond donors (Lipinski definition) is 2. The fourth-order valence-electron chi connectivity index (χ4n) is 1.63. The molecule has 0 saturated carbocycles. The molecule has 3 N–H and O–H groups in total. The summed E-state index contributed by atoms with van der Waals surface area (Å²) in [5, 5.41) is 3.20. The molecule has 6 heteroatoms. The highest BCUT2D eigenvalue weighted by Crippen LogP contribution is 1.90. The average molecular weight is 304 g/mol. The van der Waals surface area contributed by atoms with Crippen molar-refractivity contribution in [3.63, 3.8) is 0 Å². The van der Waals surface area contributed by atoms with Gasteiger partial charge in [-0.05, 0) is 38.8 Å². The monoisotopic (exact) mass is 304 g/mol. The van der Waals surface area contributed by atoms with Crippen LogP contribution in [0.15, 0.2) is 0 Å². The molecule has 0 aromatic rings. The van der Waals surface area contributed by atoms with Crippen LogP contribution < -0.4 is 11.1 Å². The Morgan fingerprint density at radius 1 is 0.762 bits per heavy atom. The Hall–Kier alpha value is -0.530. The van der Waals surface area contributed by atoms with E-state index in [4.69, 9.17) is 19.9 Å². The topological polar surface area (TPSA) is 82.8 Å². The molecule has 0 bridgehead atoms. The maximum absolute atomic E-state index is 10.1. The van der Waals surface area contributed by atoms with E-state index in [1.54, 1.807) is 0 Å². The van der Waals surface area contributed by atoms with Crippen LogP contribution in [0.3, 0.4) is 0 Å². The predicted molar refractivity (Wildman–Crippen MR) is 83.5 cm³/mol. The van der Waals surface area contributed by atoms with Crippen LogP contribution in [-0.2, 0) is 19.0 Å². The molecule has 0 radical (unpaired) electrons. The third kappa shape index (κ3) is 19.5. The van der Waals surface area contributed by atoms with E-state index in [0.29, 0.717) is 32.8 Å². The van der Waals surface area contributed by atoms with Gasteiger partial charge in [0.1, 0.15) is 6.29 Å². The van der Waals surface area contributed by atoms with Crippen LogP contribution in [0.2, 0.25) is 0 Å². The highest BCUT2D eigenvalue weighted by Gasteiger charge is 1.93. The number of aldehydes is 1. The Bertz CT molecular complexity index is 206. The molecule has 6 nitrogen and oxygen atoms in total. The summed E-state index contributed by atoms with van der Waals surface area (Å²) in [6.45, 7) is 6.46. The maximum atomic E-state index is 10.1. The number of unbranched alkanes of at least 4 members (excludes halogenated alkanes) is 2. The van der Waals surface area contributed by atoms with Crippen molar-refractivity contribution in [2.45, 2.75) is 32.1 Å². The summed E-state index contributed by atoms with van der Waals surface area (Å²) in [5.41, 5.74) is 5.38. The van der Waals surface area contributed by atoms with Gasteiger partial charge in [0.25, 0.3) is 0 Å². The van der Waals surface area contributed by atoms with Gasteiger partial charge in [-0.1, -0.05) is 0 Å². The minimum atomic E-state index is 0.588. The lowest BCUT2D eigenvalue weighted by Gasteiger charge is -2.07. The average Bonchev–Trinajstić information content (AvgIpc) is 2.50. The lowest BCUT2D eigenvalue weighted by Crippen LogP contribution is -2.17. The normalized spacial score (nSPS) is 10.9. The molecular weight excluding hydrogens is 272 g/mol. The van der Waals surface area contributed by atoms with Crippen LogP contribution in [-0.4, -0.2) is 65.6 Å². The van der Waals surface area contributed by atoms with Crippen molar-refractivity contribution >= 4 is 6.29 Å². The van der Waals surface area contributed by atoms with E-state index in [9.17, 15) is 4.79 Å². The molecule has 0 heterocycles. The van der Waals surface area contributed by atoms with Gasteiger partial charge in [-0.2, -0.15) is 0 Å². The summed E-state index contributed by atoms with van der Waals surface area (Å²) in [6.07, 6.45) is 5.64. The molecule has 0 aromatic heterocycles. The number of ether oxygens (including phenoxy) is 3. The molecule has 0 saturated heterocycles. The van der Waals surface area contributed by atoms with Gasteiger partial charge in [0.2, 0.25) is 0 Å². The number of nitrogens with two attached hydrogens (primary N) is 1. The van der Waals surface area contributed by atoms with Crippen molar-refractivity contribution < 1.29 is 19.0 Å². The zero-order valence-electron chi connectivity index (χ0n) is 13.2. The maximum Gasteiger partial charge on any atom is 0.121 e. The highest BCUT2D eigenvalue weighted by atomic mass is 16.5. The standard InChI is InChI=1S/C15H32N2O4/c16-6-1-3-10-19-12-14-21-15-13-20-11-4-2-7-17-8-5-9-18/h9,17H,1-8,10-16H2.